The molecule has 0 saturated carbocycles. The van der Waals surface area contributed by atoms with E-state index in [1.165, 1.54) is 19.3 Å². The van der Waals surface area contributed by atoms with Crippen molar-refractivity contribution < 1.29 is 4.79 Å². The molecule has 6 nitrogen and oxygen atoms in total. The highest BCUT2D eigenvalue weighted by molar-refractivity contribution is 5.94. The average molecular weight is 429 g/mol. The first-order chi connectivity index (χ1) is 15.7. The second-order valence-corrected chi connectivity index (χ2v) is 8.65. The van der Waals surface area contributed by atoms with Crippen molar-refractivity contribution in [1.82, 2.24) is 14.5 Å². The lowest BCUT2D eigenvalue weighted by Gasteiger charge is -2.25. The lowest BCUT2D eigenvalue weighted by atomic mass is 10.1. The van der Waals surface area contributed by atoms with Gasteiger partial charge in [-0.1, -0.05) is 36.8 Å². The number of likely N-dealkylation sites (tertiary alicyclic amines) is 1. The molecule has 0 atom stereocenters. The molecule has 2 aliphatic heterocycles. The number of carbonyl (C=O) groups excluding carboxylic acids is 1. The van der Waals surface area contributed by atoms with Crippen molar-refractivity contribution in [2.24, 2.45) is 0 Å². The Hall–Kier alpha value is -3.25. The third kappa shape index (κ3) is 4.36. The molecule has 0 radical (unpaired) electrons. The summed E-state index contributed by atoms with van der Waals surface area (Å²) in [7, 11) is 0. The fraction of sp³-hybridized carbons (Fsp3) is 0.346. The Bertz CT molecular complexity index is 1220. The molecule has 2 aliphatic rings. The number of allylic oxidation sites excluding steroid dienone is 1. The van der Waals surface area contributed by atoms with E-state index < -0.39 is 0 Å². The minimum absolute atomic E-state index is 0.00234. The minimum Gasteiger partial charge on any atom is -0.326 e. The van der Waals surface area contributed by atoms with Crippen LogP contribution in [0.4, 0.5) is 5.69 Å². The Kier molecular flexibility index (Phi) is 5.86. The molecule has 2 aromatic carbocycles. The number of fused-ring (bicyclic) bond motifs is 2. The topological polar surface area (TPSA) is 67.2 Å². The summed E-state index contributed by atoms with van der Waals surface area (Å²) < 4.78 is 1.76. The van der Waals surface area contributed by atoms with Gasteiger partial charge in [0, 0.05) is 25.2 Å². The summed E-state index contributed by atoms with van der Waals surface area (Å²) >= 11 is 0. The smallest absolute Gasteiger partial charge is 0.261 e. The molecule has 3 heterocycles. The zero-order valence-electron chi connectivity index (χ0n) is 18.2. The van der Waals surface area contributed by atoms with Crippen LogP contribution in [0, 0.1) is 0 Å². The SMILES string of the molecule is O=C(CCN1CCCCC1)Nc1ccc2c(=O)n3c(nc2c1)/C(=C/c1ccccc1)CC3. The number of anilines is 1. The van der Waals surface area contributed by atoms with Crippen molar-refractivity contribution in [1.29, 1.82) is 0 Å². The van der Waals surface area contributed by atoms with E-state index >= 15 is 0 Å². The molecule has 1 amide bonds. The third-order valence-corrected chi connectivity index (χ3v) is 6.38. The molecule has 6 heteroatoms. The summed E-state index contributed by atoms with van der Waals surface area (Å²) in [5.74, 6) is 0.720. The molecule has 0 spiro atoms. The first-order valence-electron chi connectivity index (χ1n) is 11.5. The molecule has 164 valence electrons. The number of hydrogen-bond acceptors (Lipinski definition) is 4. The Morgan fingerprint density at radius 1 is 1.03 bits per heavy atom. The van der Waals surface area contributed by atoms with E-state index in [2.05, 4.69) is 16.3 Å². The lowest BCUT2D eigenvalue weighted by Crippen LogP contribution is -2.32. The summed E-state index contributed by atoms with van der Waals surface area (Å²) in [6, 6.07) is 15.5. The predicted molar refractivity (Wildman–Crippen MR) is 128 cm³/mol. The monoisotopic (exact) mass is 428 g/mol. The second-order valence-electron chi connectivity index (χ2n) is 8.65. The van der Waals surface area contributed by atoms with Gasteiger partial charge < -0.3 is 10.2 Å². The van der Waals surface area contributed by atoms with Crippen LogP contribution in [0.1, 0.15) is 43.5 Å². The van der Waals surface area contributed by atoms with E-state index in [1.807, 2.05) is 36.4 Å². The molecule has 0 aliphatic carbocycles. The van der Waals surface area contributed by atoms with E-state index in [-0.39, 0.29) is 11.5 Å². The van der Waals surface area contributed by atoms with Crippen LogP contribution in [0.2, 0.25) is 0 Å². The summed E-state index contributed by atoms with van der Waals surface area (Å²) in [4.78, 5) is 32.7. The number of amides is 1. The van der Waals surface area contributed by atoms with E-state index in [9.17, 15) is 9.59 Å². The van der Waals surface area contributed by atoms with Crippen LogP contribution in [-0.2, 0) is 11.3 Å². The summed E-state index contributed by atoms with van der Waals surface area (Å²) in [6.07, 6.45) is 7.09. The van der Waals surface area contributed by atoms with E-state index in [0.29, 0.717) is 29.6 Å². The number of hydrogen-bond donors (Lipinski definition) is 1. The highest BCUT2D eigenvalue weighted by atomic mass is 16.1. The molecular formula is C26H28N4O2. The first kappa shape index (κ1) is 20.6. The third-order valence-electron chi connectivity index (χ3n) is 6.38. The van der Waals surface area contributed by atoms with Crippen molar-refractivity contribution in [2.75, 3.05) is 25.0 Å². The van der Waals surface area contributed by atoms with Gasteiger partial charge in [0.05, 0.1) is 10.9 Å². The number of carbonyl (C=O) groups is 1. The average Bonchev–Trinajstić information content (AvgIpc) is 3.22. The van der Waals surface area contributed by atoms with Gasteiger partial charge in [0.2, 0.25) is 5.91 Å². The van der Waals surface area contributed by atoms with Gasteiger partial charge in [-0.2, -0.15) is 0 Å². The van der Waals surface area contributed by atoms with Crippen molar-refractivity contribution in [3.63, 3.8) is 0 Å². The van der Waals surface area contributed by atoms with Crippen LogP contribution in [0.3, 0.4) is 0 Å². The number of aromatic nitrogens is 2. The zero-order valence-corrected chi connectivity index (χ0v) is 18.2. The highest BCUT2D eigenvalue weighted by Crippen LogP contribution is 2.28. The number of rotatable bonds is 5. The molecule has 1 N–H and O–H groups in total. The molecule has 0 unspecified atom stereocenters. The lowest BCUT2D eigenvalue weighted by molar-refractivity contribution is -0.116. The summed E-state index contributed by atoms with van der Waals surface area (Å²) in [5, 5.41) is 3.57. The van der Waals surface area contributed by atoms with Gasteiger partial charge in [0.1, 0.15) is 5.82 Å². The molecule has 0 bridgehead atoms. The summed E-state index contributed by atoms with van der Waals surface area (Å²) in [6.45, 7) is 3.60. The minimum atomic E-state index is -0.0237. The number of benzene rings is 2. The Labute approximate surface area is 187 Å². The van der Waals surface area contributed by atoms with Crippen LogP contribution in [0.25, 0.3) is 22.6 Å². The normalized spacial score (nSPS) is 17.6. The predicted octanol–water partition coefficient (Wildman–Crippen LogP) is 4.16. The molecule has 5 rings (SSSR count). The molecule has 1 saturated heterocycles. The van der Waals surface area contributed by atoms with E-state index in [0.717, 1.165) is 43.0 Å². The van der Waals surface area contributed by atoms with Crippen molar-refractivity contribution in [3.05, 3.63) is 70.3 Å². The van der Waals surface area contributed by atoms with Gasteiger partial charge in [0.15, 0.2) is 0 Å². The maximum absolute atomic E-state index is 13.0. The zero-order chi connectivity index (χ0) is 21.9. The van der Waals surface area contributed by atoms with Crippen molar-refractivity contribution >= 4 is 34.1 Å². The van der Waals surface area contributed by atoms with Gasteiger partial charge in [0.25, 0.3) is 5.56 Å². The molecule has 1 aromatic heterocycles. The molecule has 3 aromatic rings. The largest absolute Gasteiger partial charge is 0.326 e. The van der Waals surface area contributed by atoms with Crippen molar-refractivity contribution in [2.45, 2.75) is 38.6 Å². The fourth-order valence-corrected chi connectivity index (χ4v) is 4.65. The Morgan fingerprint density at radius 2 is 1.84 bits per heavy atom. The van der Waals surface area contributed by atoms with Crippen LogP contribution >= 0.6 is 0 Å². The Morgan fingerprint density at radius 3 is 2.66 bits per heavy atom. The highest BCUT2D eigenvalue weighted by Gasteiger charge is 2.21. The van der Waals surface area contributed by atoms with Gasteiger partial charge >= 0.3 is 0 Å². The van der Waals surface area contributed by atoms with Crippen LogP contribution in [-0.4, -0.2) is 40.0 Å². The quantitative estimate of drug-likeness (QED) is 0.663. The van der Waals surface area contributed by atoms with E-state index in [1.54, 1.807) is 16.7 Å². The number of nitrogens with zero attached hydrogens (tertiary/aromatic N) is 3. The summed E-state index contributed by atoms with van der Waals surface area (Å²) in [5.41, 5.74) is 3.44. The standard InChI is InChI=1S/C26H28N4O2/c31-24(12-15-29-13-5-2-6-14-29)27-21-9-10-22-23(18-21)28-25-20(11-16-30(25)26(22)32)17-19-7-3-1-4-8-19/h1,3-4,7-10,17-18H,2,5-6,11-16H2,(H,27,31)/b20-17+. The number of nitrogens with one attached hydrogen (secondary N) is 1. The Balaban J connectivity index is 1.37. The molecule has 1 fully saturated rings. The van der Waals surface area contributed by atoms with Gasteiger partial charge in [-0.3, -0.25) is 14.2 Å². The van der Waals surface area contributed by atoms with E-state index in [4.69, 9.17) is 4.98 Å². The fourth-order valence-electron chi connectivity index (χ4n) is 4.65. The van der Waals surface area contributed by atoms with Crippen LogP contribution < -0.4 is 10.9 Å². The van der Waals surface area contributed by atoms with Crippen molar-refractivity contribution in [3.8, 4) is 0 Å². The molecular weight excluding hydrogens is 400 g/mol. The first-order valence-corrected chi connectivity index (χ1v) is 11.5. The second kappa shape index (κ2) is 9.09. The van der Waals surface area contributed by atoms with Crippen LogP contribution in [0.5, 0.6) is 0 Å². The van der Waals surface area contributed by atoms with Gasteiger partial charge in [-0.15, -0.1) is 0 Å². The van der Waals surface area contributed by atoms with Gasteiger partial charge in [-0.25, -0.2) is 4.98 Å². The molecule has 32 heavy (non-hydrogen) atoms. The van der Waals surface area contributed by atoms with Crippen LogP contribution in [0.15, 0.2) is 53.3 Å². The maximum Gasteiger partial charge on any atom is 0.261 e. The maximum atomic E-state index is 13.0. The number of piperidine rings is 1. The van der Waals surface area contributed by atoms with Gasteiger partial charge in [-0.05, 0) is 67.8 Å².